The van der Waals surface area contributed by atoms with Gasteiger partial charge >= 0.3 is 0 Å². The zero-order chi connectivity index (χ0) is 18.9. The molecule has 26 heavy (non-hydrogen) atoms. The van der Waals surface area contributed by atoms with Crippen molar-refractivity contribution in [2.24, 2.45) is 0 Å². The fourth-order valence-corrected chi connectivity index (χ4v) is 4.51. The number of likely N-dealkylation sites (tertiary alicyclic amines) is 1. The van der Waals surface area contributed by atoms with Gasteiger partial charge in [-0.15, -0.1) is 0 Å². The molecule has 6 heteroatoms. The molecule has 0 spiro atoms. The van der Waals surface area contributed by atoms with E-state index in [-0.39, 0.29) is 23.6 Å². The predicted octanol–water partition coefficient (Wildman–Crippen LogP) is 2.65. The van der Waals surface area contributed by atoms with Crippen LogP contribution >= 0.6 is 0 Å². The van der Waals surface area contributed by atoms with E-state index >= 15 is 0 Å². The topological polar surface area (TPSA) is 71.5 Å². The average molecular weight is 369 g/mol. The first-order chi connectivity index (χ1) is 12.3. The minimum atomic E-state index is -3.96. The Morgan fingerprint density at radius 1 is 1.04 bits per heavy atom. The van der Waals surface area contributed by atoms with Crippen molar-refractivity contribution < 1.29 is 18.0 Å². The Kier molecular flexibility index (Phi) is 4.78. The number of allylic oxidation sites excluding steroid dienone is 1. The maximum absolute atomic E-state index is 12.9. The molecule has 1 unspecified atom stereocenters. The van der Waals surface area contributed by atoms with Gasteiger partial charge in [0.05, 0.1) is 17.1 Å². The van der Waals surface area contributed by atoms with Crippen molar-refractivity contribution in [2.75, 3.05) is 0 Å². The number of hydrogen-bond acceptors (Lipinski definition) is 4. The highest BCUT2D eigenvalue weighted by atomic mass is 32.2. The Labute approximate surface area is 152 Å². The van der Waals surface area contributed by atoms with Gasteiger partial charge in [0.15, 0.2) is 20.9 Å². The van der Waals surface area contributed by atoms with Crippen LogP contribution in [0.4, 0.5) is 0 Å². The van der Waals surface area contributed by atoms with Gasteiger partial charge in [0, 0.05) is 6.42 Å². The maximum Gasteiger partial charge on any atom is 0.246 e. The number of ketones is 1. The average Bonchev–Trinajstić information content (AvgIpc) is 2.63. The summed E-state index contributed by atoms with van der Waals surface area (Å²) in [6, 6.07) is 15.4. The van der Waals surface area contributed by atoms with E-state index in [9.17, 15) is 18.0 Å². The van der Waals surface area contributed by atoms with Gasteiger partial charge in [-0.1, -0.05) is 54.6 Å². The molecule has 0 aliphatic carbocycles. The van der Waals surface area contributed by atoms with E-state index in [2.05, 4.69) is 6.58 Å². The van der Waals surface area contributed by atoms with Gasteiger partial charge in [-0.2, -0.15) is 0 Å². The van der Waals surface area contributed by atoms with Crippen LogP contribution in [0, 0.1) is 6.92 Å². The number of carbonyl (C=O) groups excluding carboxylic acids is 2. The standard InChI is InChI=1S/C20H19NO4S/c1-14-8-10-17(11-9-14)26(24,25)19-12-18(22)15(2)21(20(19)23)13-16-6-4-3-5-7-16/h3-11,19H,2,12-13H2,1H3. The van der Waals surface area contributed by atoms with Crippen LogP contribution in [-0.2, 0) is 26.0 Å². The molecule has 0 aromatic heterocycles. The number of Topliss-reactive ketones (excluding diaryl/α,β-unsaturated/α-hetero) is 1. The molecule has 1 amide bonds. The Morgan fingerprint density at radius 3 is 2.27 bits per heavy atom. The van der Waals surface area contributed by atoms with Crippen molar-refractivity contribution >= 4 is 21.5 Å². The summed E-state index contributed by atoms with van der Waals surface area (Å²) < 4.78 is 25.9. The molecule has 1 aliphatic rings. The van der Waals surface area contributed by atoms with Crippen LogP contribution in [0.2, 0.25) is 0 Å². The first kappa shape index (κ1) is 18.1. The Balaban J connectivity index is 1.95. The molecular weight excluding hydrogens is 350 g/mol. The lowest BCUT2D eigenvalue weighted by Gasteiger charge is -2.32. The van der Waals surface area contributed by atoms with Crippen LogP contribution in [0.1, 0.15) is 17.5 Å². The van der Waals surface area contributed by atoms with Gasteiger partial charge < -0.3 is 4.90 Å². The van der Waals surface area contributed by atoms with E-state index in [1.807, 2.05) is 37.3 Å². The summed E-state index contributed by atoms with van der Waals surface area (Å²) >= 11 is 0. The molecule has 2 aromatic carbocycles. The third kappa shape index (κ3) is 3.32. The molecule has 1 heterocycles. The van der Waals surface area contributed by atoms with E-state index in [0.29, 0.717) is 0 Å². The van der Waals surface area contributed by atoms with Crippen molar-refractivity contribution in [1.82, 2.24) is 4.90 Å². The molecule has 1 fully saturated rings. The molecule has 0 saturated carbocycles. The van der Waals surface area contributed by atoms with E-state index in [1.54, 1.807) is 12.1 Å². The minimum Gasteiger partial charge on any atom is -0.304 e. The van der Waals surface area contributed by atoms with Crippen molar-refractivity contribution in [3.05, 3.63) is 78.0 Å². The van der Waals surface area contributed by atoms with Gasteiger partial charge in [0.25, 0.3) is 0 Å². The number of hydrogen-bond donors (Lipinski definition) is 0. The number of benzene rings is 2. The molecule has 1 saturated heterocycles. The Bertz CT molecular complexity index is 963. The Morgan fingerprint density at radius 2 is 1.65 bits per heavy atom. The third-order valence-corrected chi connectivity index (χ3v) is 6.51. The zero-order valence-corrected chi connectivity index (χ0v) is 15.2. The molecule has 3 rings (SSSR count). The van der Waals surface area contributed by atoms with Gasteiger partial charge in [-0.25, -0.2) is 8.42 Å². The lowest BCUT2D eigenvalue weighted by molar-refractivity contribution is -0.136. The van der Waals surface area contributed by atoms with E-state index < -0.39 is 26.8 Å². The van der Waals surface area contributed by atoms with Gasteiger partial charge in [0.1, 0.15) is 0 Å². The second-order valence-electron chi connectivity index (χ2n) is 6.33. The third-order valence-electron chi connectivity index (χ3n) is 4.47. The van der Waals surface area contributed by atoms with Crippen LogP contribution in [0.25, 0.3) is 0 Å². The highest BCUT2D eigenvalue weighted by Crippen LogP contribution is 2.28. The number of piperidine rings is 1. The van der Waals surface area contributed by atoms with Gasteiger partial charge in [-0.3, -0.25) is 9.59 Å². The maximum atomic E-state index is 12.9. The SMILES string of the molecule is C=C1C(=O)CC(S(=O)(=O)c2ccc(C)cc2)C(=O)N1Cc1ccccc1. The van der Waals surface area contributed by atoms with Crippen LogP contribution in [-0.4, -0.2) is 30.3 Å². The number of amides is 1. The molecule has 0 N–H and O–H groups in total. The van der Waals surface area contributed by atoms with Crippen molar-refractivity contribution in [2.45, 2.75) is 30.0 Å². The molecule has 1 aliphatic heterocycles. The lowest BCUT2D eigenvalue weighted by Crippen LogP contribution is -2.49. The first-order valence-electron chi connectivity index (χ1n) is 8.18. The van der Waals surface area contributed by atoms with E-state index in [1.165, 1.54) is 17.0 Å². The van der Waals surface area contributed by atoms with Gasteiger partial charge in [0.2, 0.25) is 5.91 Å². The first-order valence-corrected chi connectivity index (χ1v) is 9.73. The summed E-state index contributed by atoms with van der Waals surface area (Å²) in [7, 11) is -3.96. The van der Waals surface area contributed by atoms with Crippen LogP contribution in [0.3, 0.4) is 0 Å². The molecule has 0 radical (unpaired) electrons. The molecule has 1 atom stereocenters. The van der Waals surface area contributed by atoms with Crippen molar-refractivity contribution in [3.8, 4) is 0 Å². The summed E-state index contributed by atoms with van der Waals surface area (Å²) in [5, 5.41) is -1.42. The number of nitrogens with zero attached hydrogens (tertiary/aromatic N) is 1. The highest BCUT2D eigenvalue weighted by molar-refractivity contribution is 7.92. The second-order valence-corrected chi connectivity index (χ2v) is 8.46. The predicted molar refractivity (Wildman–Crippen MR) is 97.9 cm³/mol. The number of rotatable bonds is 4. The fourth-order valence-electron chi connectivity index (χ4n) is 2.90. The molecule has 2 aromatic rings. The Hall–Kier alpha value is -2.73. The summed E-state index contributed by atoms with van der Waals surface area (Å²) in [5.74, 6) is -1.04. The smallest absolute Gasteiger partial charge is 0.246 e. The summed E-state index contributed by atoms with van der Waals surface area (Å²) in [4.78, 5) is 26.5. The summed E-state index contributed by atoms with van der Waals surface area (Å²) in [6.07, 6.45) is -0.376. The van der Waals surface area contributed by atoms with E-state index in [0.717, 1.165) is 11.1 Å². The van der Waals surface area contributed by atoms with Crippen molar-refractivity contribution in [1.29, 1.82) is 0 Å². The van der Waals surface area contributed by atoms with Crippen LogP contribution < -0.4 is 0 Å². The van der Waals surface area contributed by atoms with E-state index in [4.69, 9.17) is 0 Å². The fraction of sp³-hybridized carbons (Fsp3) is 0.200. The minimum absolute atomic E-state index is 0.0363. The molecule has 0 bridgehead atoms. The summed E-state index contributed by atoms with van der Waals surface area (Å²) in [5.41, 5.74) is 1.74. The van der Waals surface area contributed by atoms with Crippen LogP contribution in [0.5, 0.6) is 0 Å². The van der Waals surface area contributed by atoms with Crippen molar-refractivity contribution in [3.63, 3.8) is 0 Å². The van der Waals surface area contributed by atoms with Crippen LogP contribution in [0.15, 0.2) is 71.8 Å². The number of aryl methyl sites for hydroxylation is 1. The monoisotopic (exact) mass is 369 g/mol. The molecular formula is C20H19NO4S. The number of sulfone groups is 1. The summed E-state index contributed by atoms with van der Waals surface area (Å²) in [6.45, 7) is 5.64. The quantitative estimate of drug-likeness (QED) is 0.777. The molecule has 5 nitrogen and oxygen atoms in total. The normalized spacial score (nSPS) is 18.3. The highest BCUT2D eigenvalue weighted by Gasteiger charge is 2.44. The molecule has 134 valence electrons. The number of carbonyl (C=O) groups is 2. The second kappa shape index (κ2) is 6.88. The van der Waals surface area contributed by atoms with Gasteiger partial charge in [-0.05, 0) is 24.6 Å². The lowest BCUT2D eigenvalue weighted by atomic mass is 10.0. The largest absolute Gasteiger partial charge is 0.304 e. The zero-order valence-electron chi connectivity index (χ0n) is 14.4.